The van der Waals surface area contributed by atoms with Crippen molar-refractivity contribution in [1.29, 1.82) is 0 Å². The molecule has 0 aromatic heterocycles. The number of nitrogens with zero attached hydrogens (tertiary/aromatic N) is 3. The monoisotopic (exact) mass is 377 g/mol. The van der Waals surface area contributed by atoms with E-state index in [2.05, 4.69) is 0 Å². The number of nitrogens with two attached hydrogens (primary N) is 1. The Morgan fingerprint density at radius 2 is 2.15 bits per heavy atom. The second kappa shape index (κ2) is 6.81. The number of anilines is 1. The SMILES string of the molecule is COc1cccc(N2C(=O)[C@H]3CN(C(=O)[C@@H]4CSC[NH2+]4)CCN3C2=O)c1. The Bertz CT molecular complexity index is 752. The molecule has 3 fully saturated rings. The highest BCUT2D eigenvalue weighted by Crippen LogP contribution is 2.29. The zero-order valence-corrected chi connectivity index (χ0v) is 15.3. The van der Waals surface area contributed by atoms with Crippen LogP contribution < -0.4 is 15.0 Å². The highest BCUT2D eigenvalue weighted by Gasteiger charge is 2.49. The number of carbonyl (C=O) groups is 3. The zero-order valence-electron chi connectivity index (χ0n) is 14.5. The van der Waals surface area contributed by atoms with Crippen LogP contribution in [0.5, 0.6) is 5.75 Å². The van der Waals surface area contributed by atoms with Crippen LogP contribution in [0.25, 0.3) is 0 Å². The first-order valence-corrected chi connectivity index (χ1v) is 9.74. The Morgan fingerprint density at radius 1 is 1.31 bits per heavy atom. The van der Waals surface area contributed by atoms with Crippen molar-refractivity contribution in [3.63, 3.8) is 0 Å². The van der Waals surface area contributed by atoms with Gasteiger partial charge in [-0.3, -0.25) is 9.59 Å². The summed E-state index contributed by atoms with van der Waals surface area (Å²) in [7, 11) is 1.54. The number of piperazine rings is 1. The molecule has 0 saturated carbocycles. The number of ether oxygens (including phenoxy) is 1. The van der Waals surface area contributed by atoms with Gasteiger partial charge in [0.05, 0.1) is 25.1 Å². The molecule has 3 aliphatic heterocycles. The van der Waals surface area contributed by atoms with Gasteiger partial charge in [-0.05, 0) is 12.1 Å². The second-order valence-corrected chi connectivity index (χ2v) is 7.61. The first kappa shape index (κ1) is 17.2. The Kier molecular flexibility index (Phi) is 4.49. The van der Waals surface area contributed by atoms with Crippen LogP contribution in [-0.4, -0.2) is 78.1 Å². The fourth-order valence-electron chi connectivity index (χ4n) is 3.64. The van der Waals surface area contributed by atoms with E-state index in [0.29, 0.717) is 24.5 Å². The van der Waals surface area contributed by atoms with Gasteiger partial charge >= 0.3 is 6.03 Å². The van der Waals surface area contributed by atoms with Gasteiger partial charge in [-0.15, -0.1) is 0 Å². The van der Waals surface area contributed by atoms with E-state index in [1.54, 1.807) is 45.8 Å². The number of quaternary nitrogens is 1. The maximum absolute atomic E-state index is 12.9. The van der Waals surface area contributed by atoms with Gasteiger partial charge in [-0.1, -0.05) is 17.8 Å². The Labute approximate surface area is 155 Å². The number of hydrogen-bond acceptors (Lipinski definition) is 5. The molecule has 3 saturated heterocycles. The van der Waals surface area contributed by atoms with Crippen LogP contribution in [0.3, 0.4) is 0 Å². The summed E-state index contributed by atoms with van der Waals surface area (Å²) in [6.07, 6.45) is 0. The average Bonchev–Trinajstić information content (AvgIpc) is 3.29. The molecule has 0 bridgehead atoms. The van der Waals surface area contributed by atoms with Gasteiger partial charge in [0, 0.05) is 19.2 Å². The summed E-state index contributed by atoms with van der Waals surface area (Å²) in [5.74, 6) is 2.05. The predicted octanol–water partition coefficient (Wildman–Crippen LogP) is -0.689. The van der Waals surface area contributed by atoms with Gasteiger partial charge in [-0.2, -0.15) is 0 Å². The lowest BCUT2D eigenvalue weighted by Crippen LogP contribution is -2.90. The van der Waals surface area contributed by atoms with Gasteiger partial charge in [0.2, 0.25) is 0 Å². The van der Waals surface area contributed by atoms with Crippen LogP contribution in [0.2, 0.25) is 0 Å². The molecule has 0 spiro atoms. The fraction of sp³-hybridized carbons (Fsp3) is 0.471. The van der Waals surface area contributed by atoms with Crippen molar-refractivity contribution in [1.82, 2.24) is 9.80 Å². The summed E-state index contributed by atoms with van der Waals surface area (Å²) in [6.45, 7) is 1.11. The lowest BCUT2D eigenvalue weighted by molar-refractivity contribution is -0.649. The van der Waals surface area contributed by atoms with Gasteiger partial charge in [-0.25, -0.2) is 9.69 Å². The smallest absolute Gasteiger partial charge is 0.332 e. The molecule has 0 unspecified atom stereocenters. The third-order valence-corrected chi connectivity index (χ3v) is 6.08. The van der Waals surface area contributed by atoms with E-state index < -0.39 is 6.04 Å². The maximum atomic E-state index is 12.9. The summed E-state index contributed by atoms with van der Waals surface area (Å²) in [6, 6.07) is 5.87. The third kappa shape index (κ3) is 2.80. The molecule has 2 N–H and O–H groups in total. The summed E-state index contributed by atoms with van der Waals surface area (Å²) >= 11 is 1.74. The first-order chi connectivity index (χ1) is 12.6. The maximum Gasteiger partial charge on any atom is 0.332 e. The van der Waals surface area contributed by atoms with E-state index >= 15 is 0 Å². The number of imide groups is 1. The van der Waals surface area contributed by atoms with E-state index in [9.17, 15) is 14.4 Å². The lowest BCUT2D eigenvalue weighted by atomic mass is 10.1. The van der Waals surface area contributed by atoms with E-state index in [-0.39, 0.29) is 30.4 Å². The average molecular weight is 377 g/mol. The van der Waals surface area contributed by atoms with Crippen LogP contribution in [0, 0.1) is 0 Å². The molecular weight excluding hydrogens is 356 g/mol. The number of hydrogen-bond donors (Lipinski definition) is 1. The first-order valence-electron chi connectivity index (χ1n) is 8.58. The highest BCUT2D eigenvalue weighted by atomic mass is 32.2. The van der Waals surface area contributed by atoms with Crippen molar-refractivity contribution in [2.75, 3.05) is 43.3 Å². The minimum atomic E-state index is -0.611. The van der Waals surface area contributed by atoms with Crippen LogP contribution >= 0.6 is 11.8 Å². The number of urea groups is 1. The fourth-order valence-corrected chi connectivity index (χ4v) is 4.67. The van der Waals surface area contributed by atoms with Gasteiger partial charge in [0.15, 0.2) is 6.04 Å². The molecule has 9 heteroatoms. The number of carbonyl (C=O) groups excluding carboxylic acids is 3. The number of benzene rings is 1. The number of rotatable bonds is 3. The molecule has 26 heavy (non-hydrogen) atoms. The summed E-state index contributed by atoms with van der Waals surface area (Å²) in [4.78, 5) is 42.8. The Hall–Kier alpha value is -2.26. The van der Waals surface area contributed by atoms with Gasteiger partial charge in [0.25, 0.3) is 11.8 Å². The molecule has 1 aromatic rings. The van der Waals surface area contributed by atoms with Gasteiger partial charge < -0.3 is 19.9 Å². The number of thioether (sulfide) groups is 1. The molecule has 2 atom stereocenters. The molecule has 4 amide bonds. The van der Waals surface area contributed by atoms with Crippen molar-refractivity contribution >= 4 is 35.3 Å². The van der Waals surface area contributed by atoms with Gasteiger partial charge in [0.1, 0.15) is 17.7 Å². The van der Waals surface area contributed by atoms with Crippen molar-refractivity contribution in [2.45, 2.75) is 12.1 Å². The number of amides is 4. The lowest BCUT2D eigenvalue weighted by Gasteiger charge is -2.35. The standard InChI is InChI=1S/C17H20N4O4S/c1-25-12-4-2-3-11(7-12)21-16(23)14-8-19(5-6-20(14)17(21)24)15(22)13-9-26-10-18-13/h2-4,7,13-14,18H,5-6,8-10H2,1H3/p+1/t13-,14+/m0/s1. The van der Waals surface area contributed by atoms with Crippen molar-refractivity contribution in [3.05, 3.63) is 24.3 Å². The molecule has 0 aliphatic carbocycles. The molecule has 4 rings (SSSR count). The van der Waals surface area contributed by atoms with Crippen LogP contribution in [0.1, 0.15) is 0 Å². The highest BCUT2D eigenvalue weighted by molar-refractivity contribution is 7.99. The number of methoxy groups -OCH3 is 1. The molecule has 3 heterocycles. The molecule has 138 valence electrons. The normalized spacial score (nSPS) is 25.7. The second-order valence-electron chi connectivity index (χ2n) is 6.53. The van der Waals surface area contributed by atoms with E-state index in [4.69, 9.17) is 4.74 Å². The van der Waals surface area contributed by atoms with E-state index in [1.807, 2.05) is 5.32 Å². The molecule has 1 aromatic carbocycles. The summed E-state index contributed by atoms with van der Waals surface area (Å²) in [5.41, 5.74) is 0.493. The minimum absolute atomic E-state index is 0.0646. The summed E-state index contributed by atoms with van der Waals surface area (Å²) < 4.78 is 5.19. The van der Waals surface area contributed by atoms with Crippen LogP contribution in [-0.2, 0) is 9.59 Å². The quantitative estimate of drug-likeness (QED) is 0.705. The largest absolute Gasteiger partial charge is 0.497 e. The molecular formula is C17H21N4O4S+. The zero-order chi connectivity index (χ0) is 18.3. The predicted molar refractivity (Wildman–Crippen MR) is 96.0 cm³/mol. The van der Waals surface area contributed by atoms with Crippen molar-refractivity contribution in [2.24, 2.45) is 0 Å². The molecule has 8 nitrogen and oxygen atoms in total. The van der Waals surface area contributed by atoms with Crippen LogP contribution in [0.4, 0.5) is 10.5 Å². The molecule has 0 radical (unpaired) electrons. The molecule has 3 aliphatic rings. The van der Waals surface area contributed by atoms with E-state index in [0.717, 1.165) is 11.6 Å². The summed E-state index contributed by atoms with van der Waals surface area (Å²) in [5, 5.41) is 2.03. The number of fused-ring (bicyclic) bond motifs is 1. The topological polar surface area (TPSA) is 86.8 Å². The Morgan fingerprint density at radius 3 is 2.88 bits per heavy atom. The van der Waals surface area contributed by atoms with Crippen molar-refractivity contribution < 1.29 is 24.4 Å². The van der Waals surface area contributed by atoms with E-state index in [1.165, 1.54) is 12.0 Å². The minimum Gasteiger partial charge on any atom is -0.497 e. The van der Waals surface area contributed by atoms with Crippen LogP contribution in [0.15, 0.2) is 24.3 Å². The van der Waals surface area contributed by atoms with Crippen molar-refractivity contribution in [3.8, 4) is 5.75 Å². The Balaban J connectivity index is 1.53. The third-order valence-electron chi connectivity index (χ3n) is 5.06.